The SMILES string of the molecule is CCN(CC)CCN(C)CC1CC(O)C1. The molecule has 1 aliphatic carbocycles. The maximum absolute atomic E-state index is 9.20. The van der Waals surface area contributed by atoms with Gasteiger partial charge in [-0.2, -0.15) is 0 Å². The van der Waals surface area contributed by atoms with E-state index in [0.717, 1.165) is 44.9 Å². The summed E-state index contributed by atoms with van der Waals surface area (Å²) in [7, 11) is 2.19. The third-order valence-corrected chi connectivity index (χ3v) is 3.47. The molecule has 0 aromatic rings. The number of nitrogens with zero attached hydrogens (tertiary/aromatic N) is 2. The van der Waals surface area contributed by atoms with Crippen LogP contribution in [0.2, 0.25) is 0 Å². The summed E-state index contributed by atoms with van der Waals surface area (Å²) in [4.78, 5) is 4.85. The molecular formula is C12H26N2O. The number of aliphatic hydroxyl groups excluding tert-OH is 1. The number of rotatable bonds is 7. The van der Waals surface area contributed by atoms with E-state index in [-0.39, 0.29) is 6.10 Å². The molecule has 0 radical (unpaired) electrons. The lowest BCUT2D eigenvalue weighted by Crippen LogP contribution is -2.40. The Balaban J connectivity index is 2.05. The average Bonchev–Trinajstić information content (AvgIpc) is 2.17. The fourth-order valence-electron chi connectivity index (χ4n) is 2.23. The quantitative estimate of drug-likeness (QED) is 0.686. The minimum Gasteiger partial charge on any atom is -0.393 e. The van der Waals surface area contributed by atoms with Crippen molar-refractivity contribution in [2.24, 2.45) is 5.92 Å². The minimum atomic E-state index is -0.00816. The van der Waals surface area contributed by atoms with Gasteiger partial charge in [0.05, 0.1) is 6.10 Å². The van der Waals surface area contributed by atoms with Crippen LogP contribution in [0.3, 0.4) is 0 Å². The molecule has 1 fully saturated rings. The number of aliphatic hydroxyl groups is 1. The standard InChI is InChI=1S/C12H26N2O/c1-4-14(5-2)7-6-13(3)10-11-8-12(15)9-11/h11-12,15H,4-10H2,1-3H3. The monoisotopic (exact) mass is 214 g/mol. The second kappa shape index (κ2) is 6.46. The second-order valence-corrected chi connectivity index (χ2v) is 4.78. The van der Waals surface area contributed by atoms with Gasteiger partial charge >= 0.3 is 0 Å². The van der Waals surface area contributed by atoms with Gasteiger partial charge in [-0.1, -0.05) is 13.8 Å². The van der Waals surface area contributed by atoms with Crippen molar-refractivity contribution in [3.63, 3.8) is 0 Å². The maximum atomic E-state index is 9.20. The summed E-state index contributed by atoms with van der Waals surface area (Å²) >= 11 is 0. The lowest BCUT2D eigenvalue weighted by atomic mass is 9.82. The summed E-state index contributed by atoms with van der Waals surface area (Å²) < 4.78 is 0. The van der Waals surface area contributed by atoms with Gasteiger partial charge in [0.25, 0.3) is 0 Å². The topological polar surface area (TPSA) is 26.7 Å². The average molecular weight is 214 g/mol. The van der Waals surface area contributed by atoms with Crippen LogP contribution in [0.5, 0.6) is 0 Å². The van der Waals surface area contributed by atoms with Crippen LogP contribution >= 0.6 is 0 Å². The molecule has 1 N–H and O–H groups in total. The highest BCUT2D eigenvalue weighted by atomic mass is 16.3. The summed E-state index contributed by atoms with van der Waals surface area (Å²) in [6.45, 7) is 10.2. The molecular weight excluding hydrogens is 188 g/mol. The van der Waals surface area contributed by atoms with E-state index in [1.54, 1.807) is 0 Å². The Bertz CT molecular complexity index is 165. The van der Waals surface area contributed by atoms with E-state index in [4.69, 9.17) is 0 Å². The van der Waals surface area contributed by atoms with E-state index in [0.29, 0.717) is 0 Å². The van der Waals surface area contributed by atoms with Gasteiger partial charge in [-0.3, -0.25) is 0 Å². The first kappa shape index (κ1) is 12.9. The molecule has 3 nitrogen and oxygen atoms in total. The fourth-order valence-corrected chi connectivity index (χ4v) is 2.23. The lowest BCUT2D eigenvalue weighted by Gasteiger charge is -2.35. The van der Waals surface area contributed by atoms with Crippen molar-refractivity contribution in [1.82, 2.24) is 9.80 Å². The largest absolute Gasteiger partial charge is 0.393 e. The van der Waals surface area contributed by atoms with Gasteiger partial charge in [-0.25, -0.2) is 0 Å². The van der Waals surface area contributed by atoms with E-state index in [9.17, 15) is 5.11 Å². The van der Waals surface area contributed by atoms with Crippen LogP contribution < -0.4 is 0 Å². The molecule has 15 heavy (non-hydrogen) atoms. The van der Waals surface area contributed by atoms with Crippen LogP contribution in [0.25, 0.3) is 0 Å². The van der Waals surface area contributed by atoms with Crippen molar-refractivity contribution in [3.8, 4) is 0 Å². The van der Waals surface area contributed by atoms with Gasteiger partial charge in [0.15, 0.2) is 0 Å². The van der Waals surface area contributed by atoms with Gasteiger partial charge in [0.1, 0.15) is 0 Å². The Kier molecular flexibility index (Phi) is 5.58. The zero-order chi connectivity index (χ0) is 11.3. The van der Waals surface area contributed by atoms with E-state index in [1.807, 2.05) is 0 Å². The molecule has 1 aliphatic rings. The Morgan fingerprint density at radius 3 is 2.20 bits per heavy atom. The molecule has 0 saturated heterocycles. The molecule has 0 aliphatic heterocycles. The van der Waals surface area contributed by atoms with Crippen LogP contribution in [-0.2, 0) is 0 Å². The zero-order valence-corrected chi connectivity index (χ0v) is 10.4. The highest BCUT2D eigenvalue weighted by Gasteiger charge is 2.27. The zero-order valence-electron chi connectivity index (χ0n) is 10.4. The van der Waals surface area contributed by atoms with Crippen LogP contribution in [0.1, 0.15) is 26.7 Å². The lowest BCUT2D eigenvalue weighted by molar-refractivity contribution is 0.0273. The van der Waals surface area contributed by atoms with E-state index >= 15 is 0 Å². The molecule has 90 valence electrons. The summed E-state index contributed by atoms with van der Waals surface area (Å²) in [6.07, 6.45) is 2.01. The summed E-state index contributed by atoms with van der Waals surface area (Å²) in [5.74, 6) is 0.738. The van der Waals surface area contributed by atoms with Crippen molar-refractivity contribution in [2.45, 2.75) is 32.8 Å². The fraction of sp³-hybridized carbons (Fsp3) is 1.00. The molecule has 0 heterocycles. The molecule has 0 aromatic carbocycles. The van der Waals surface area contributed by atoms with Gasteiger partial charge in [-0.15, -0.1) is 0 Å². The van der Waals surface area contributed by atoms with Crippen molar-refractivity contribution in [3.05, 3.63) is 0 Å². The van der Waals surface area contributed by atoms with Gasteiger partial charge in [-0.05, 0) is 38.9 Å². The Morgan fingerprint density at radius 1 is 1.13 bits per heavy atom. The molecule has 0 atom stereocenters. The Labute approximate surface area is 94.1 Å². The van der Waals surface area contributed by atoms with E-state index < -0.39 is 0 Å². The molecule has 3 heteroatoms. The number of likely N-dealkylation sites (N-methyl/N-ethyl adjacent to an activating group) is 2. The Hall–Kier alpha value is -0.120. The summed E-state index contributed by atoms with van der Waals surface area (Å²) in [5.41, 5.74) is 0. The molecule has 0 unspecified atom stereocenters. The molecule has 0 aromatic heterocycles. The normalized spacial score (nSPS) is 26.0. The first-order valence-corrected chi connectivity index (χ1v) is 6.24. The first-order valence-electron chi connectivity index (χ1n) is 6.24. The molecule has 0 amide bonds. The second-order valence-electron chi connectivity index (χ2n) is 4.78. The smallest absolute Gasteiger partial charge is 0.0546 e. The summed E-state index contributed by atoms with van der Waals surface area (Å²) in [6, 6.07) is 0. The van der Waals surface area contributed by atoms with Crippen molar-refractivity contribution < 1.29 is 5.11 Å². The number of hydrogen-bond acceptors (Lipinski definition) is 3. The third-order valence-electron chi connectivity index (χ3n) is 3.47. The molecule has 0 spiro atoms. The van der Waals surface area contributed by atoms with Gasteiger partial charge in [0, 0.05) is 19.6 Å². The van der Waals surface area contributed by atoms with Gasteiger partial charge in [0.2, 0.25) is 0 Å². The van der Waals surface area contributed by atoms with Crippen molar-refractivity contribution in [1.29, 1.82) is 0 Å². The highest BCUT2D eigenvalue weighted by molar-refractivity contribution is 4.80. The van der Waals surface area contributed by atoms with E-state index in [2.05, 4.69) is 30.7 Å². The molecule has 0 bridgehead atoms. The highest BCUT2D eigenvalue weighted by Crippen LogP contribution is 2.27. The van der Waals surface area contributed by atoms with Crippen LogP contribution in [0, 0.1) is 5.92 Å². The third kappa shape index (κ3) is 4.49. The Morgan fingerprint density at radius 2 is 1.73 bits per heavy atom. The van der Waals surface area contributed by atoms with Crippen LogP contribution in [-0.4, -0.2) is 60.8 Å². The van der Waals surface area contributed by atoms with Crippen molar-refractivity contribution in [2.75, 3.05) is 39.8 Å². The number of hydrogen-bond donors (Lipinski definition) is 1. The summed E-state index contributed by atoms with van der Waals surface area (Å²) in [5, 5.41) is 9.20. The maximum Gasteiger partial charge on any atom is 0.0546 e. The predicted octanol–water partition coefficient (Wildman–Crippen LogP) is 1.03. The van der Waals surface area contributed by atoms with E-state index in [1.165, 1.54) is 6.54 Å². The van der Waals surface area contributed by atoms with Crippen molar-refractivity contribution >= 4 is 0 Å². The van der Waals surface area contributed by atoms with Gasteiger partial charge < -0.3 is 14.9 Å². The minimum absolute atomic E-state index is 0.00816. The van der Waals surface area contributed by atoms with Crippen LogP contribution in [0.4, 0.5) is 0 Å². The molecule has 1 saturated carbocycles. The van der Waals surface area contributed by atoms with Crippen LogP contribution in [0.15, 0.2) is 0 Å². The predicted molar refractivity (Wildman–Crippen MR) is 64.0 cm³/mol. The molecule has 1 rings (SSSR count). The first-order chi connectivity index (χ1) is 7.15.